The molecule has 170 valence electrons. The number of ether oxygens (including phenoxy) is 4. The van der Waals surface area contributed by atoms with Gasteiger partial charge in [-0.05, 0) is 18.2 Å². The Morgan fingerprint density at radius 3 is 1.31 bits per heavy atom. The molecule has 0 radical (unpaired) electrons. The lowest BCUT2D eigenvalue weighted by Crippen LogP contribution is -2.09. The van der Waals surface area contributed by atoms with E-state index in [1.807, 2.05) is 0 Å². The molecule has 1 aromatic rings. The molecule has 0 atom stereocenters. The van der Waals surface area contributed by atoms with Gasteiger partial charge in [0.25, 0.3) is 0 Å². The summed E-state index contributed by atoms with van der Waals surface area (Å²) in [6.07, 6.45) is 7.80. The zero-order valence-corrected chi connectivity index (χ0v) is 17.7. The summed E-state index contributed by atoms with van der Waals surface area (Å²) in [5.41, 5.74) is 0.592. The van der Waals surface area contributed by atoms with Gasteiger partial charge < -0.3 is 18.9 Å². The van der Waals surface area contributed by atoms with Gasteiger partial charge in [0, 0.05) is 12.2 Å². The predicted octanol–water partition coefficient (Wildman–Crippen LogP) is 3.37. The van der Waals surface area contributed by atoms with Crippen molar-refractivity contribution >= 4 is 23.9 Å². The van der Waals surface area contributed by atoms with Gasteiger partial charge in [-0.15, -0.1) is 0 Å². The van der Waals surface area contributed by atoms with E-state index in [0.717, 1.165) is 12.2 Å². The Morgan fingerprint density at radius 1 is 0.625 bits per heavy atom. The standard InChI is InChI=1S/C14H14O4.C10H12O4/c1-3-8-17-13(15)11-6-5-7-12(10-11)14(16)18-9-4-2;1-3-7-13-9(11)5-6-10(12)14-8-4-2/h3-7,10H,1-2,8-9H2;3-6H,1-2,7-8H2. The first-order valence-electron chi connectivity index (χ1n) is 9.29. The highest BCUT2D eigenvalue weighted by molar-refractivity contribution is 5.95. The lowest BCUT2D eigenvalue weighted by Gasteiger charge is -2.05. The van der Waals surface area contributed by atoms with E-state index >= 15 is 0 Å². The summed E-state index contributed by atoms with van der Waals surface area (Å²) in [6.45, 7) is 14.1. The van der Waals surface area contributed by atoms with E-state index in [2.05, 4.69) is 35.8 Å². The third-order valence-corrected chi connectivity index (χ3v) is 3.04. The van der Waals surface area contributed by atoms with Crippen molar-refractivity contribution < 1.29 is 38.1 Å². The Balaban J connectivity index is 0.000000622. The first kappa shape index (κ1) is 27.8. The first-order valence-corrected chi connectivity index (χ1v) is 9.29. The molecule has 8 nitrogen and oxygen atoms in total. The Kier molecular flexibility index (Phi) is 15.3. The van der Waals surface area contributed by atoms with Crippen molar-refractivity contribution in [2.24, 2.45) is 0 Å². The second-order valence-corrected chi connectivity index (χ2v) is 5.53. The van der Waals surface area contributed by atoms with E-state index in [4.69, 9.17) is 9.47 Å². The quantitative estimate of drug-likeness (QED) is 0.210. The van der Waals surface area contributed by atoms with E-state index in [0.29, 0.717) is 11.1 Å². The average molecular weight is 442 g/mol. The van der Waals surface area contributed by atoms with Gasteiger partial charge in [-0.25, -0.2) is 19.2 Å². The minimum absolute atomic E-state index is 0.116. The smallest absolute Gasteiger partial charge is 0.338 e. The molecule has 0 aliphatic rings. The summed E-state index contributed by atoms with van der Waals surface area (Å²) in [6, 6.07) is 6.15. The fraction of sp³-hybridized carbons (Fsp3) is 0.167. The molecule has 0 heterocycles. The fourth-order valence-electron chi connectivity index (χ4n) is 1.72. The summed E-state index contributed by atoms with van der Waals surface area (Å²) in [5, 5.41) is 0. The first-order chi connectivity index (χ1) is 15.4. The molecule has 32 heavy (non-hydrogen) atoms. The SMILES string of the molecule is C=CCOC(=O)C=CC(=O)OCC=C.C=CCOC(=O)c1cccc(C(=O)OCC=C)c1. The van der Waals surface area contributed by atoms with Crippen LogP contribution in [0.1, 0.15) is 20.7 Å². The van der Waals surface area contributed by atoms with E-state index in [9.17, 15) is 19.2 Å². The minimum atomic E-state index is -0.611. The van der Waals surface area contributed by atoms with Gasteiger partial charge in [0.1, 0.15) is 26.4 Å². The third kappa shape index (κ3) is 13.1. The normalized spacial score (nSPS) is 9.38. The summed E-state index contributed by atoms with van der Waals surface area (Å²) in [4.78, 5) is 44.7. The lowest BCUT2D eigenvalue weighted by molar-refractivity contribution is -0.139. The highest BCUT2D eigenvalue weighted by Gasteiger charge is 2.11. The van der Waals surface area contributed by atoms with Crippen LogP contribution in [0.2, 0.25) is 0 Å². The van der Waals surface area contributed by atoms with Crippen LogP contribution < -0.4 is 0 Å². The van der Waals surface area contributed by atoms with Crippen molar-refractivity contribution in [1.29, 1.82) is 0 Å². The molecular formula is C24H26O8. The van der Waals surface area contributed by atoms with E-state index in [1.54, 1.807) is 18.2 Å². The molecule has 0 aromatic heterocycles. The molecule has 0 bridgehead atoms. The summed E-state index contributed by atoms with van der Waals surface area (Å²) < 4.78 is 18.9. The van der Waals surface area contributed by atoms with Gasteiger partial charge in [-0.3, -0.25) is 0 Å². The van der Waals surface area contributed by atoms with Crippen molar-refractivity contribution in [3.63, 3.8) is 0 Å². The topological polar surface area (TPSA) is 105 Å². The Labute approximate surface area is 187 Å². The molecular weight excluding hydrogens is 416 g/mol. The van der Waals surface area contributed by atoms with Gasteiger partial charge in [0.05, 0.1) is 11.1 Å². The number of benzene rings is 1. The highest BCUT2D eigenvalue weighted by Crippen LogP contribution is 2.08. The van der Waals surface area contributed by atoms with Crippen LogP contribution in [0.5, 0.6) is 0 Å². The van der Waals surface area contributed by atoms with Crippen molar-refractivity contribution in [1.82, 2.24) is 0 Å². The second-order valence-electron chi connectivity index (χ2n) is 5.53. The molecule has 0 aliphatic heterocycles. The van der Waals surface area contributed by atoms with Crippen LogP contribution in [-0.4, -0.2) is 50.3 Å². The molecule has 0 unspecified atom stereocenters. The number of hydrogen-bond acceptors (Lipinski definition) is 8. The number of carbonyl (C=O) groups is 4. The largest absolute Gasteiger partial charge is 0.458 e. The molecule has 0 fully saturated rings. The monoisotopic (exact) mass is 442 g/mol. The van der Waals surface area contributed by atoms with Crippen LogP contribution in [0, 0.1) is 0 Å². The number of esters is 4. The van der Waals surface area contributed by atoms with Crippen LogP contribution in [0.25, 0.3) is 0 Å². The number of hydrogen-bond donors (Lipinski definition) is 0. The van der Waals surface area contributed by atoms with Gasteiger partial charge in [-0.2, -0.15) is 0 Å². The maximum absolute atomic E-state index is 11.6. The van der Waals surface area contributed by atoms with Crippen LogP contribution in [0.15, 0.2) is 87.0 Å². The third-order valence-electron chi connectivity index (χ3n) is 3.04. The number of rotatable bonds is 12. The van der Waals surface area contributed by atoms with Crippen LogP contribution >= 0.6 is 0 Å². The molecule has 1 aromatic carbocycles. The lowest BCUT2D eigenvalue weighted by atomic mass is 10.1. The van der Waals surface area contributed by atoms with E-state index in [-0.39, 0.29) is 26.4 Å². The number of carbonyl (C=O) groups excluding carboxylic acids is 4. The second kappa shape index (κ2) is 17.6. The molecule has 8 heteroatoms. The van der Waals surface area contributed by atoms with Crippen molar-refractivity contribution in [2.75, 3.05) is 26.4 Å². The maximum Gasteiger partial charge on any atom is 0.338 e. The predicted molar refractivity (Wildman–Crippen MR) is 119 cm³/mol. The van der Waals surface area contributed by atoms with Crippen LogP contribution in [-0.2, 0) is 28.5 Å². The molecule has 1 rings (SSSR count). The van der Waals surface area contributed by atoms with Crippen LogP contribution in [0.3, 0.4) is 0 Å². The van der Waals surface area contributed by atoms with Crippen molar-refractivity contribution in [3.8, 4) is 0 Å². The summed E-state index contributed by atoms with van der Waals surface area (Å²) in [5.74, 6) is -2.23. The van der Waals surface area contributed by atoms with Crippen molar-refractivity contribution in [2.45, 2.75) is 0 Å². The summed E-state index contributed by atoms with van der Waals surface area (Å²) in [7, 11) is 0. The zero-order valence-electron chi connectivity index (χ0n) is 17.7. The molecule has 0 N–H and O–H groups in total. The van der Waals surface area contributed by atoms with Gasteiger partial charge in [0.15, 0.2) is 0 Å². The maximum atomic E-state index is 11.6. The molecule has 0 aliphatic carbocycles. The molecule has 0 saturated heterocycles. The fourth-order valence-corrected chi connectivity index (χ4v) is 1.72. The van der Waals surface area contributed by atoms with Gasteiger partial charge in [-0.1, -0.05) is 56.7 Å². The van der Waals surface area contributed by atoms with Crippen molar-refractivity contribution in [3.05, 3.63) is 98.2 Å². The zero-order chi connectivity index (χ0) is 24.2. The molecule has 0 spiro atoms. The van der Waals surface area contributed by atoms with E-state index in [1.165, 1.54) is 30.4 Å². The highest BCUT2D eigenvalue weighted by atomic mass is 16.5. The Bertz CT molecular complexity index is 786. The van der Waals surface area contributed by atoms with E-state index < -0.39 is 23.9 Å². The molecule has 0 amide bonds. The molecule has 0 saturated carbocycles. The van der Waals surface area contributed by atoms with Gasteiger partial charge in [0.2, 0.25) is 0 Å². The Morgan fingerprint density at radius 2 is 0.969 bits per heavy atom. The minimum Gasteiger partial charge on any atom is -0.458 e. The Hall–Kier alpha value is -4.20. The average Bonchev–Trinajstić information content (AvgIpc) is 2.82. The van der Waals surface area contributed by atoms with Crippen LogP contribution in [0.4, 0.5) is 0 Å². The summed E-state index contributed by atoms with van der Waals surface area (Å²) >= 11 is 0. The van der Waals surface area contributed by atoms with Gasteiger partial charge >= 0.3 is 23.9 Å².